The van der Waals surface area contributed by atoms with E-state index in [0.29, 0.717) is 5.82 Å². The fourth-order valence-corrected chi connectivity index (χ4v) is 1.81. The van der Waals surface area contributed by atoms with E-state index in [-0.39, 0.29) is 5.69 Å². The van der Waals surface area contributed by atoms with Crippen LogP contribution in [-0.2, 0) is 9.47 Å². The fraction of sp³-hybridized carbons (Fsp3) is 0.583. The number of nitrogens with one attached hydrogen (secondary N) is 1. The summed E-state index contributed by atoms with van der Waals surface area (Å²) < 4.78 is 9.84. The van der Waals surface area contributed by atoms with Gasteiger partial charge >= 0.3 is 5.97 Å². The van der Waals surface area contributed by atoms with Gasteiger partial charge in [0, 0.05) is 26.2 Å². The number of morpholine rings is 1. The first-order valence-electron chi connectivity index (χ1n) is 6.25. The number of esters is 1. The molecule has 104 valence electrons. The maximum atomic E-state index is 11.2. The average Bonchev–Trinajstić information content (AvgIpc) is 2.48. The molecule has 7 heteroatoms. The molecule has 2 heterocycles. The Labute approximate surface area is 111 Å². The highest BCUT2D eigenvalue weighted by Crippen LogP contribution is 2.03. The van der Waals surface area contributed by atoms with Crippen molar-refractivity contribution in [1.29, 1.82) is 0 Å². The van der Waals surface area contributed by atoms with Gasteiger partial charge in [0.1, 0.15) is 5.82 Å². The van der Waals surface area contributed by atoms with E-state index >= 15 is 0 Å². The highest BCUT2D eigenvalue weighted by atomic mass is 16.5. The molecule has 0 spiro atoms. The predicted octanol–water partition coefficient (Wildman–Crippen LogP) is 0.00730. The Bertz CT molecular complexity index is 404. The standard InChI is InChI=1S/C12H18N4O3/c1-18-12(17)10-2-3-11(15-14-10)13-4-5-16-6-8-19-9-7-16/h2-3H,4-9H2,1H3,(H,13,15). The van der Waals surface area contributed by atoms with Gasteiger partial charge in [-0.1, -0.05) is 0 Å². The highest BCUT2D eigenvalue weighted by molar-refractivity contribution is 5.86. The number of carbonyl (C=O) groups excluding carboxylic acids is 1. The number of aromatic nitrogens is 2. The molecule has 1 fully saturated rings. The highest BCUT2D eigenvalue weighted by Gasteiger charge is 2.10. The van der Waals surface area contributed by atoms with Crippen LogP contribution in [-0.4, -0.2) is 67.6 Å². The third kappa shape index (κ3) is 4.15. The van der Waals surface area contributed by atoms with E-state index in [4.69, 9.17) is 4.74 Å². The Morgan fingerprint density at radius 3 is 2.84 bits per heavy atom. The van der Waals surface area contributed by atoms with E-state index in [1.807, 2.05) is 0 Å². The molecule has 0 bridgehead atoms. The zero-order valence-electron chi connectivity index (χ0n) is 11.0. The molecule has 2 rings (SSSR count). The molecule has 0 radical (unpaired) electrons. The number of ether oxygens (including phenoxy) is 2. The molecule has 0 atom stereocenters. The summed E-state index contributed by atoms with van der Waals surface area (Å²) >= 11 is 0. The Morgan fingerprint density at radius 1 is 1.42 bits per heavy atom. The predicted molar refractivity (Wildman–Crippen MR) is 69.1 cm³/mol. The Morgan fingerprint density at radius 2 is 2.21 bits per heavy atom. The number of rotatable bonds is 5. The maximum absolute atomic E-state index is 11.2. The molecule has 0 unspecified atom stereocenters. The van der Waals surface area contributed by atoms with E-state index in [1.165, 1.54) is 7.11 Å². The van der Waals surface area contributed by atoms with Crippen molar-refractivity contribution in [3.63, 3.8) is 0 Å². The Hall–Kier alpha value is -1.73. The van der Waals surface area contributed by atoms with Gasteiger partial charge in [-0.25, -0.2) is 4.79 Å². The summed E-state index contributed by atoms with van der Waals surface area (Å²) in [6, 6.07) is 3.31. The molecule has 19 heavy (non-hydrogen) atoms. The second-order valence-electron chi connectivity index (χ2n) is 4.18. The number of hydrogen-bond donors (Lipinski definition) is 1. The first kappa shape index (κ1) is 13.7. The lowest BCUT2D eigenvalue weighted by molar-refractivity contribution is 0.0398. The van der Waals surface area contributed by atoms with E-state index in [2.05, 4.69) is 25.2 Å². The first-order chi connectivity index (χ1) is 9.29. The van der Waals surface area contributed by atoms with Crippen LogP contribution in [0.15, 0.2) is 12.1 Å². The van der Waals surface area contributed by atoms with Gasteiger partial charge in [-0.2, -0.15) is 0 Å². The zero-order chi connectivity index (χ0) is 13.5. The van der Waals surface area contributed by atoms with E-state index in [0.717, 1.165) is 39.4 Å². The molecular weight excluding hydrogens is 248 g/mol. The molecule has 7 nitrogen and oxygen atoms in total. The van der Waals surface area contributed by atoms with Gasteiger partial charge in [0.05, 0.1) is 20.3 Å². The smallest absolute Gasteiger partial charge is 0.358 e. The van der Waals surface area contributed by atoms with Gasteiger partial charge in [0.15, 0.2) is 5.69 Å². The number of carbonyl (C=O) groups is 1. The topological polar surface area (TPSA) is 76.6 Å². The summed E-state index contributed by atoms with van der Waals surface area (Å²) in [4.78, 5) is 13.5. The van der Waals surface area contributed by atoms with Crippen LogP contribution in [0.3, 0.4) is 0 Å². The van der Waals surface area contributed by atoms with Crippen molar-refractivity contribution in [3.05, 3.63) is 17.8 Å². The lowest BCUT2D eigenvalue weighted by Crippen LogP contribution is -2.39. The van der Waals surface area contributed by atoms with Crippen molar-refractivity contribution in [2.45, 2.75) is 0 Å². The first-order valence-corrected chi connectivity index (χ1v) is 6.25. The van der Waals surface area contributed by atoms with Crippen LogP contribution in [0.1, 0.15) is 10.5 Å². The van der Waals surface area contributed by atoms with E-state index < -0.39 is 5.97 Å². The summed E-state index contributed by atoms with van der Waals surface area (Å²) in [6.07, 6.45) is 0. The summed E-state index contributed by atoms with van der Waals surface area (Å²) in [7, 11) is 1.32. The van der Waals surface area contributed by atoms with Crippen LogP contribution in [0.4, 0.5) is 5.82 Å². The van der Waals surface area contributed by atoms with Crippen molar-refractivity contribution in [2.75, 3.05) is 51.8 Å². The largest absolute Gasteiger partial charge is 0.464 e. The van der Waals surface area contributed by atoms with Crippen molar-refractivity contribution in [2.24, 2.45) is 0 Å². The number of anilines is 1. The Balaban J connectivity index is 1.75. The SMILES string of the molecule is COC(=O)c1ccc(NCCN2CCOCC2)nn1. The van der Waals surface area contributed by atoms with Crippen molar-refractivity contribution in [3.8, 4) is 0 Å². The zero-order valence-corrected chi connectivity index (χ0v) is 11.0. The van der Waals surface area contributed by atoms with Gasteiger partial charge < -0.3 is 14.8 Å². The van der Waals surface area contributed by atoms with E-state index in [1.54, 1.807) is 12.1 Å². The molecule has 0 aliphatic carbocycles. The van der Waals surface area contributed by atoms with Crippen LogP contribution in [0.25, 0.3) is 0 Å². The molecular formula is C12H18N4O3. The molecule has 1 aliphatic rings. The second kappa shape index (κ2) is 7.01. The van der Waals surface area contributed by atoms with Gasteiger partial charge in [-0.15, -0.1) is 10.2 Å². The molecule has 1 N–H and O–H groups in total. The third-order valence-corrected chi connectivity index (χ3v) is 2.90. The van der Waals surface area contributed by atoms with E-state index in [9.17, 15) is 4.79 Å². The van der Waals surface area contributed by atoms with Crippen LogP contribution in [0.2, 0.25) is 0 Å². The van der Waals surface area contributed by atoms with Gasteiger partial charge in [-0.05, 0) is 12.1 Å². The Kier molecular flexibility index (Phi) is 5.05. The van der Waals surface area contributed by atoms with Gasteiger partial charge in [0.25, 0.3) is 0 Å². The van der Waals surface area contributed by atoms with Crippen molar-refractivity contribution < 1.29 is 14.3 Å². The lowest BCUT2D eigenvalue weighted by Gasteiger charge is -2.26. The lowest BCUT2D eigenvalue weighted by atomic mass is 10.4. The maximum Gasteiger partial charge on any atom is 0.358 e. The monoisotopic (exact) mass is 266 g/mol. The van der Waals surface area contributed by atoms with Crippen LogP contribution >= 0.6 is 0 Å². The summed E-state index contributed by atoms with van der Waals surface area (Å²) in [6.45, 7) is 5.25. The number of methoxy groups -OCH3 is 1. The second-order valence-corrected chi connectivity index (χ2v) is 4.18. The fourth-order valence-electron chi connectivity index (χ4n) is 1.81. The molecule has 0 saturated carbocycles. The minimum atomic E-state index is -0.479. The van der Waals surface area contributed by atoms with Crippen LogP contribution < -0.4 is 5.32 Å². The molecule has 1 aliphatic heterocycles. The van der Waals surface area contributed by atoms with Crippen molar-refractivity contribution in [1.82, 2.24) is 15.1 Å². The minimum Gasteiger partial charge on any atom is -0.464 e. The quantitative estimate of drug-likeness (QED) is 0.752. The summed E-state index contributed by atoms with van der Waals surface area (Å²) in [5.41, 5.74) is 0.209. The normalized spacial score (nSPS) is 16.1. The van der Waals surface area contributed by atoms with Gasteiger partial charge in [0.2, 0.25) is 0 Å². The molecule has 1 aromatic rings. The van der Waals surface area contributed by atoms with Crippen LogP contribution in [0, 0.1) is 0 Å². The van der Waals surface area contributed by atoms with Gasteiger partial charge in [-0.3, -0.25) is 4.90 Å². The van der Waals surface area contributed by atoms with Crippen molar-refractivity contribution >= 4 is 11.8 Å². The number of hydrogen-bond acceptors (Lipinski definition) is 7. The summed E-state index contributed by atoms with van der Waals surface area (Å²) in [5.74, 6) is 0.174. The average molecular weight is 266 g/mol. The molecule has 0 aromatic carbocycles. The number of nitrogens with zero attached hydrogens (tertiary/aromatic N) is 3. The van der Waals surface area contributed by atoms with Crippen LogP contribution in [0.5, 0.6) is 0 Å². The molecule has 1 aromatic heterocycles. The molecule has 0 amide bonds. The molecule has 1 saturated heterocycles. The summed E-state index contributed by atoms with van der Waals surface area (Å²) in [5, 5.41) is 10.9. The minimum absolute atomic E-state index is 0.209. The third-order valence-electron chi connectivity index (χ3n) is 2.90.